The summed E-state index contributed by atoms with van der Waals surface area (Å²) in [6, 6.07) is 13.0. The summed E-state index contributed by atoms with van der Waals surface area (Å²) in [7, 11) is 4.26. The quantitative estimate of drug-likeness (QED) is 0.180. The minimum Gasteiger partial charge on any atom is -0.334 e. The normalized spacial score (nSPS) is 14.5. The van der Waals surface area contributed by atoms with E-state index < -0.39 is 0 Å². The van der Waals surface area contributed by atoms with Crippen LogP contribution in [-0.2, 0) is 20.6 Å². The zero-order chi connectivity index (χ0) is 35.1. The summed E-state index contributed by atoms with van der Waals surface area (Å²) in [5.74, 6) is 1.03. The van der Waals surface area contributed by atoms with Gasteiger partial charge >= 0.3 is 11.3 Å². The lowest BCUT2D eigenvalue weighted by Crippen LogP contribution is -2.43. The number of aryl methyl sites for hydroxylation is 5. The fraction of sp³-hybridized carbons (Fsp3) is 0.419. The molecule has 0 amide bonds. The summed E-state index contributed by atoms with van der Waals surface area (Å²) in [5, 5.41) is 0. The number of nitrogens with zero attached hydrogens (tertiary/aromatic N) is 5. The van der Waals surface area contributed by atoms with Gasteiger partial charge in [-0.2, -0.15) is 8.97 Å². The van der Waals surface area contributed by atoms with Crippen molar-refractivity contribution < 1.29 is 8.97 Å². The molecule has 0 radical (unpaired) electrons. The van der Waals surface area contributed by atoms with Crippen LogP contribution in [0.4, 0.5) is 0 Å². The molecule has 0 saturated carbocycles. The number of benzene rings is 2. The molecule has 0 atom stereocenters. The van der Waals surface area contributed by atoms with Gasteiger partial charge in [-0.3, -0.25) is 0 Å². The van der Waals surface area contributed by atoms with E-state index in [0.29, 0.717) is 0 Å². The van der Waals surface area contributed by atoms with Gasteiger partial charge in [-0.25, -0.2) is 9.55 Å². The van der Waals surface area contributed by atoms with Gasteiger partial charge < -0.3 is 4.57 Å². The highest BCUT2D eigenvalue weighted by molar-refractivity contribution is 5.83. The van der Waals surface area contributed by atoms with Crippen LogP contribution in [0, 0.1) is 31.6 Å². The highest BCUT2D eigenvalue weighted by atomic mass is 15.2. The van der Waals surface area contributed by atoms with Crippen LogP contribution < -0.4 is 8.97 Å². The Bertz CT molecular complexity index is 2090. The monoisotopic (exact) mass is 643 g/mol. The standard InChI is InChI=1S/C30H39N3.C11H12N2.C2H6/c1-19-16-21(3)26-24(17-19)32-15-14-23(30(7,8)29(4,5)6)27(32)28-31(9)25(18-33(26)28)22-13-11-10-12-20(22)2;1-9-5-3-4-6-10(9)11-12-7-8-13(11)2;1-2/h11,13-14,16-18H,10,12,15H2,1-9H3;3-8H,1-2H3;1-2H3/q+2;;. The number of imidazole rings is 2. The van der Waals surface area contributed by atoms with E-state index in [0.717, 1.165) is 25.2 Å². The third-order valence-corrected chi connectivity index (χ3v) is 10.8. The number of fused-ring (bicyclic) bond motifs is 6. The Labute approximate surface area is 289 Å². The highest BCUT2D eigenvalue weighted by Crippen LogP contribution is 2.49. The molecule has 1 aliphatic carbocycles. The fourth-order valence-electron chi connectivity index (χ4n) is 7.16. The van der Waals surface area contributed by atoms with Crippen LogP contribution in [0.3, 0.4) is 0 Å². The first-order valence-electron chi connectivity index (χ1n) is 17.7. The highest BCUT2D eigenvalue weighted by Gasteiger charge is 2.47. The van der Waals surface area contributed by atoms with Crippen molar-refractivity contribution in [1.29, 1.82) is 0 Å². The maximum atomic E-state index is 4.31. The van der Waals surface area contributed by atoms with Crippen molar-refractivity contribution in [3.8, 4) is 11.4 Å². The van der Waals surface area contributed by atoms with Gasteiger partial charge in [-0.15, -0.1) is 0 Å². The molecular formula is C43H57N5+2. The SMILES string of the molecule is CC.CC1=C(c2c[n+]3c4c(C)cc(C)cc4[n+]4c(c3n2C)C(C(C)(C)C(C)(C)C)=CC4)C=CCC1.Cc1ccccc1-c1nccn1C. The average molecular weight is 644 g/mol. The maximum absolute atomic E-state index is 4.31. The number of aromatic nitrogens is 5. The van der Waals surface area contributed by atoms with E-state index in [9.17, 15) is 0 Å². The second-order valence-electron chi connectivity index (χ2n) is 15.0. The van der Waals surface area contributed by atoms with E-state index in [1.807, 2.05) is 50.0 Å². The molecule has 0 fully saturated rings. The largest absolute Gasteiger partial charge is 0.360 e. The molecule has 48 heavy (non-hydrogen) atoms. The van der Waals surface area contributed by atoms with Crippen molar-refractivity contribution in [2.24, 2.45) is 24.9 Å². The van der Waals surface area contributed by atoms with E-state index in [4.69, 9.17) is 0 Å². The van der Waals surface area contributed by atoms with Crippen LogP contribution in [0.1, 0.15) is 96.3 Å². The van der Waals surface area contributed by atoms with Gasteiger partial charge in [0.25, 0.3) is 5.52 Å². The van der Waals surface area contributed by atoms with Crippen LogP contribution >= 0.6 is 0 Å². The molecular weight excluding hydrogens is 587 g/mol. The third-order valence-electron chi connectivity index (χ3n) is 10.8. The number of rotatable bonds is 3. The molecule has 252 valence electrons. The van der Waals surface area contributed by atoms with Gasteiger partial charge in [0.2, 0.25) is 5.52 Å². The maximum Gasteiger partial charge on any atom is 0.360 e. The van der Waals surface area contributed by atoms with Crippen molar-refractivity contribution in [1.82, 2.24) is 14.1 Å². The molecule has 0 saturated heterocycles. The van der Waals surface area contributed by atoms with Crippen LogP contribution in [0.15, 0.2) is 78.8 Å². The molecule has 5 nitrogen and oxygen atoms in total. The molecule has 2 aromatic carbocycles. The number of hydrogen-bond donors (Lipinski definition) is 0. The van der Waals surface area contributed by atoms with Crippen LogP contribution in [0.2, 0.25) is 0 Å². The van der Waals surface area contributed by atoms with Crippen molar-refractivity contribution >= 4 is 27.8 Å². The molecule has 4 heterocycles. The van der Waals surface area contributed by atoms with Gasteiger partial charge in [-0.1, -0.05) is 96.5 Å². The molecule has 3 aromatic heterocycles. The van der Waals surface area contributed by atoms with Crippen molar-refractivity contribution in [2.45, 2.75) is 95.5 Å². The Morgan fingerprint density at radius 2 is 1.60 bits per heavy atom. The molecule has 5 aromatic rings. The minimum absolute atomic E-state index is 0.0373. The Morgan fingerprint density at radius 3 is 2.23 bits per heavy atom. The average Bonchev–Trinajstić information content (AvgIpc) is 3.75. The van der Waals surface area contributed by atoms with E-state index in [-0.39, 0.29) is 10.8 Å². The van der Waals surface area contributed by atoms with E-state index in [1.54, 1.807) is 0 Å². The lowest BCUT2D eigenvalue weighted by atomic mass is 9.64. The predicted octanol–water partition coefficient (Wildman–Crippen LogP) is 9.84. The summed E-state index contributed by atoms with van der Waals surface area (Å²) in [4.78, 5) is 4.31. The van der Waals surface area contributed by atoms with Crippen molar-refractivity contribution in [2.75, 3.05) is 0 Å². The summed E-state index contributed by atoms with van der Waals surface area (Å²) >= 11 is 0. The van der Waals surface area contributed by atoms with Gasteiger partial charge in [-0.05, 0) is 63.2 Å². The molecule has 0 spiro atoms. The first-order valence-corrected chi connectivity index (χ1v) is 17.7. The Morgan fingerprint density at radius 1 is 0.896 bits per heavy atom. The predicted molar refractivity (Wildman–Crippen MR) is 203 cm³/mol. The lowest BCUT2D eigenvalue weighted by Gasteiger charge is -2.38. The molecule has 1 aliphatic heterocycles. The van der Waals surface area contributed by atoms with Gasteiger partial charge in [0.05, 0.1) is 7.05 Å². The second-order valence-corrected chi connectivity index (χ2v) is 15.0. The van der Waals surface area contributed by atoms with E-state index in [1.165, 1.54) is 67.0 Å². The minimum atomic E-state index is 0.0373. The molecule has 0 unspecified atom stereocenters. The summed E-state index contributed by atoms with van der Waals surface area (Å²) < 4.78 is 9.51. The number of allylic oxidation sites excluding steroid dienone is 6. The Balaban J connectivity index is 0.000000250. The molecule has 0 N–H and O–H groups in total. The lowest BCUT2D eigenvalue weighted by molar-refractivity contribution is -0.668. The molecule has 2 aliphatic rings. The van der Waals surface area contributed by atoms with Crippen molar-refractivity contribution in [3.05, 3.63) is 107 Å². The Kier molecular flexibility index (Phi) is 9.74. The summed E-state index contributed by atoms with van der Waals surface area (Å²) in [5.41, 5.74) is 16.3. The third kappa shape index (κ3) is 5.97. The zero-order valence-electron chi connectivity index (χ0n) is 31.8. The zero-order valence-corrected chi connectivity index (χ0v) is 31.8. The smallest absolute Gasteiger partial charge is 0.334 e. The first-order chi connectivity index (χ1) is 22.7. The molecule has 7 rings (SSSR count). The summed E-state index contributed by atoms with van der Waals surface area (Å²) in [6.07, 6.45) is 15.6. The van der Waals surface area contributed by atoms with Crippen molar-refractivity contribution in [3.63, 3.8) is 0 Å². The first kappa shape index (κ1) is 35.1. The summed E-state index contributed by atoms with van der Waals surface area (Å²) in [6.45, 7) is 25.7. The van der Waals surface area contributed by atoms with Gasteiger partial charge in [0, 0.05) is 53.2 Å². The van der Waals surface area contributed by atoms with E-state index in [2.05, 4.69) is 137 Å². The van der Waals surface area contributed by atoms with E-state index >= 15 is 0 Å². The van der Waals surface area contributed by atoms with Crippen LogP contribution in [0.5, 0.6) is 0 Å². The van der Waals surface area contributed by atoms with Crippen LogP contribution in [-0.4, -0.2) is 14.1 Å². The van der Waals surface area contributed by atoms with Gasteiger partial charge in [0.1, 0.15) is 12.0 Å². The molecule has 5 heteroatoms. The van der Waals surface area contributed by atoms with Crippen LogP contribution in [0.25, 0.3) is 39.2 Å². The Hall–Kier alpha value is -4.25. The molecule has 0 bridgehead atoms. The van der Waals surface area contributed by atoms with Gasteiger partial charge in [0.15, 0.2) is 12.2 Å². The number of hydrogen-bond acceptors (Lipinski definition) is 1. The topological polar surface area (TPSA) is 30.7 Å². The fourth-order valence-corrected chi connectivity index (χ4v) is 7.16. The second kappa shape index (κ2) is 13.3.